The minimum Gasteiger partial charge on any atom is -0.370 e. The highest BCUT2D eigenvalue weighted by Crippen LogP contribution is 2.10. The standard InChI is InChI=1S/C14H25N3/c1-5-6-15-10-13-7-12(4)17-14(8-13)16-9-11(2)3/h7-8,11,15H,5-6,9-10H2,1-4H3,(H,16,17). The summed E-state index contributed by atoms with van der Waals surface area (Å²) in [5, 5.41) is 6.79. The van der Waals surface area contributed by atoms with E-state index < -0.39 is 0 Å². The van der Waals surface area contributed by atoms with E-state index in [9.17, 15) is 0 Å². The molecule has 1 heterocycles. The van der Waals surface area contributed by atoms with Gasteiger partial charge in [0, 0.05) is 18.8 Å². The second-order valence-electron chi connectivity index (χ2n) is 4.95. The van der Waals surface area contributed by atoms with Crippen molar-refractivity contribution in [1.29, 1.82) is 0 Å². The predicted octanol–water partition coefficient (Wildman–Crippen LogP) is 2.96. The Labute approximate surface area is 105 Å². The predicted molar refractivity (Wildman–Crippen MR) is 74.3 cm³/mol. The summed E-state index contributed by atoms with van der Waals surface area (Å²) in [5.74, 6) is 1.63. The molecule has 1 aromatic heterocycles. The first-order chi connectivity index (χ1) is 8.11. The first-order valence-electron chi connectivity index (χ1n) is 6.54. The van der Waals surface area contributed by atoms with Crippen LogP contribution in [0.4, 0.5) is 5.82 Å². The van der Waals surface area contributed by atoms with Crippen LogP contribution in [0.3, 0.4) is 0 Å². The van der Waals surface area contributed by atoms with Crippen LogP contribution in [0.25, 0.3) is 0 Å². The van der Waals surface area contributed by atoms with Gasteiger partial charge in [-0.3, -0.25) is 0 Å². The van der Waals surface area contributed by atoms with Crippen molar-refractivity contribution in [2.45, 2.75) is 40.7 Å². The molecule has 17 heavy (non-hydrogen) atoms. The van der Waals surface area contributed by atoms with Gasteiger partial charge in [-0.05, 0) is 43.5 Å². The normalized spacial score (nSPS) is 10.9. The Hall–Kier alpha value is -1.09. The van der Waals surface area contributed by atoms with Crippen molar-refractivity contribution in [3.63, 3.8) is 0 Å². The van der Waals surface area contributed by atoms with Gasteiger partial charge in [0.05, 0.1) is 0 Å². The Bertz CT molecular complexity index is 334. The van der Waals surface area contributed by atoms with E-state index >= 15 is 0 Å². The number of hydrogen-bond acceptors (Lipinski definition) is 3. The highest BCUT2D eigenvalue weighted by Gasteiger charge is 2.01. The van der Waals surface area contributed by atoms with Crippen molar-refractivity contribution < 1.29 is 0 Å². The van der Waals surface area contributed by atoms with Gasteiger partial charge in [0.25, 0.3) is 0 Å². The maximum atomic E-state index is 4.50. The molecule has 3 heteroatoms. The summed E-state index contributed by atoms with van der Waals surface area (Å²) in [6.07, 6.45) is 1.17. The van der Waals surface area contributed by atoms with Crippen LogP contribution in [-0.2, 0) is 6.54 Å². The first kappa shape index (κ1) is 14.0. The summed E-state index contributed by atoms with van der Waals surface area (Å²) in [4.78, 5) is 4.50. The molecule has 0 amide bonds. The first-order valence-corrected chi connectivity index (χ1v) is 6.54. The Balaban J connectivity index is 2.59. The lowest BCUT2D eigenvalue weighted by atomic mass is 10.2. The average molecular weight is 235 g/mol. The number of hydrogen-bond donors (Lipinski definition) is 2. The zero-order chi connectivity index (χ0) is 12.7. The Kier molecular flexibility index (Phi) is 5.98. The molecule has 0 saturated heterocycles. The number of aryl methyl sites for hydroxylation is 1. The fraction of sp³-hybridized carbons (Fsp3) is 0.643. The molecule has 96 valence electrons. The van der Waals surface area contributed by atoms with Gasteiger partial charge in [0.2, 0.25) is 0 Å². The molecular formula is C14H25N3. The maximum Gasteiger partial charge on any atom is 0.126 e. The Morgan fingerprint density at radius 2 is 2.06 bits per heavy atom. The molecular weight excluding hydrogens is 210 g/mol. The number of nitrogens with zero attached hydrogens (tertiary/aromatic N) is 1. The molecule has 2 N–H and O–H groups in total. The van der Waals surface area contributed by atoms with Crippen molar-refractivity contribution in [3.05, 3.63) is 23.4 Å². The average Bonchev–Trinajstić information content (AvgIpc) is 2.26. The van der Waals surface area contributed by atoms with Crippen LogP contribution in [-0.4, -0.2) is 18.1 Å². The van der Waals surface area contributed by atoms with E-state index in [1.54, 1.807) is 0 Å². The van der Waals surface area contributed by atoms with Crippen molar-refractivity contribution in [2.24, 2.45) is 5.92 Å². The lowest BCUT2D eigenvalue weighted by molar-refractivity contribution is 0.672. The summed E-state index contributed by atoms with van der Waals surface area (Å²) in [6, 6.07) is 4.28. The largest absolute Gasteiger partial charge is 0.370 e. The molecule has 0 spiro atoms. The topological polar surface area (TPSA) is 37.0 Å². The third-order valence-corrected chi connectivity index (χ3v) is 2.46. The SMILES string of the molecule is CCCNCc1cc(C)nc(NCC(C)C)c1. The third kappa shape index (κ3) is 5.68. The lowest BCUT2D eigenvalue weighted by Crippen LogP contribution is -2.15. The number of pyridine rings is 1. The lowest BCUT2D eigenvalue weighted by Gasteiger charge is -2.11. The molecule has 0 bridgehead atoms. The van der Waals surface area contributed by atoms with Crippen LogP contribution in [0, 0.1) is 12.8 Å². The molecule has 0 unspecified atom stereocenters. The van der Waals surface area contributed by atoms with E-state index in [0.29, 0.717) is 5.92 Å². The molecule has 0 fully saturated rings. The van der Waals surface area contributed by atoms with Crippen molar-refractivity contribution >= 4 is 5.82 Å². The summed E-state index contributed by atoms with van der Waals surface area (Å²) < 4.78 is 0. The summed E-state index contributed by atoms with van der Waals surface area (Å²) in [7, 11) is 0. The molecule has 1 aromatic rings. The fourth-order valence-corrected chi connectivity index (χ4v) is 1.65. The number of rotatable bonds is 7. The van der Waals surface area contributed by atoms with Gasteiger partial charge < -0.3 is 10.6 Å². The van der Waals surface area contributed by atoms with E-state index in [0.717, 1.165) is 31.1 Å². The zero-order valence-corrected chi connectivity index (χ0v) is 11.5. The second-order valence-corrected chi connectivity index (χ2v) is 4.95. The summed E-state index contributed by atoms with van der Waals surface area (Å²) in [5.41, 5.74) is 2.38. The van der Waals surface area contributed by atoms with Gasteiger partial charge in [-0.1, -0.05) is 20.8 Å². The summed E-state index contributed by atoms with van der Waals surface area (Å²) >= 11 is 0. The monoisotopic (exact) mass is 235 g/mol. The summed E-state index contributed by atoms with van der Waals surface area (Å²) in [6.45, 7) is 11.6. The molecule has 0 aliphatic rings. The maximum absolute atomic E-state index is 4.50. The van der Waals surface area contributed by atoms with E-state index in [4.69, 9.17) is 0 Å². The van der Waals surface area contributed by atoms with Gasteiger partial charge in [-0.25, -0.2) is 4.98 Å². The molecule has 0 aromatic carbocycles. The van der Waals surface area contributed by atoms with Crippen LogP contribution < -0.4 is 10.6 Å². The van der Waals surface area contributed by atoms with E-state index in [1.807, 2.05) is 6.92 Å². The highest BCUT2D eigenvalue weighted by molar-refractivity contribution is 5.39. The van der Waals surface area contributed by atoms with Crippen molar-refractivity contribution in [1.82, 2.24) is 10.3 Å². The number of anilines is 1. The van der Waals surface area contributed by atoms with Crippen LogP contribution in [0.2, 0.25) is 0 Å². The van der Waals surface area contributed by atoms with Gasteiger partial charge in [0.1, 0.15) is 5.82 Å². The van der Waals surface area contributed by atoms with Gasteiger partial charge in [-0.15, -0.1) is 0 Å². The van der Waals surface area contributed by atoms with E-state index in [1.165, 1.54) is 12.0 Å². The molecule has 3 nitrogen and oxygen atoms in total. The third-order valence-electron chi connectivity index (χ3n) is 2.46. The quantitative estimate of drug-likeness (QED) is 0.713. The van der Waals surface area contributed by atoms with Gasteiger partial charge in [-0.2, -0.15) is 0 Å². The molecule has 0 atom stereocenters. The van der Waals surface area contributed by atoms with Crippen LogP contribution >= 0.6 is 0 Å². The molecule has 1 rings (SSSR count). The van der Waals surface area contributed by atoms with Crippen LogP contribution in [0.15, 0.2) is 12.1 Å². The minimum absolute atomic E-state index is 0.638. The van der Waals surface area contributed by atoms with E-state index in [-0.39, 0.29) is 0 Å². The van der Waals surface area contributed by atoms with E-state index in [2.05, 4.69) is 48.5 Å². The van der Waals surface area contributed by atoms with Crippen molar-refractivity contribution in [2.75, 3.05) is 18.4 Å². The van der Waals surface area contributed by atoms with Crippen LogP contribution in [0.5, 0.6) is 0 Å². The fourth-order valence-electron chi connectivity index (χ4n) is 1.65. The van der Waals surface area contributed by atoms with Crippen molar-refractivity contribution in [3.8, 4) is 0 Å². The minimum atomic E-state index is 0.638. The molecule has 0 aliphatic heterocycles. The number of aromatic nitrogens is 1. The Morgan fingerprint density at radius 3 is 2.71 bits per heavy atom. The van der Waals surface area contributed by atoms with Gasteiger partial charge in [0.15, 0.2) is 0 Å². The molecule has 0 aliphatic carbocycles. The molecule has 0 radical (unpaired) electrons. The Morgan fingerprint density at radius 1 is 1.29 bits per heavy atom. The zero-order valence-electron chi connectivity index (χ0n) is 11.5. The van der Waals surface area contributed by atoms with Crippen LogP contribution in [0.1, 0.15) is 38.4 Å². The van der Waals surface area contributed by atoms with Gasteiger partial charge >= 0.3 is 0 Å². The second kappa shape index (κ2) is 7.28. The highest BCUT2D eigenvalue weighted by atomic mass is 15.0. The smallest absolute Gasteiger partial charge is 0.126 e. The molecule has 0 saturated carbocycles. The number of nitrogens with one attached hydrogen (secondary N) is 2.